The molecule has 0 aliphatic carbocycles. The first-order chi connectivity index (χ1) is 6.83. The molecule has 0 saturated carbocycles. The summed E-state index contributed by atoms with van der Waals surface area (Å²) >= 11 is 1.67. The van der Waals surface area contributed by atoms with Crippen LogP contribution in [0.5, 0.6) is 0 Å². The smallest absolute Gasteiger partial charge is 0.154 e. The number of hydrogen-bond acceptors (Lipinski definition) is 4. The number of ether oxygens (including phenoxy) is 1. The molecule has 0 radical (unpaired) electrons. The van der Waals surface area contributed by atoms with Crippen molar-refractivity contribution < 1.29 is 9.84 Å². The second-order valence-electron chi connectivity index (χ2n) is 5.20. The van der Waals surface area contributed by atoms with E-state index in [4.69, 9.17) is 4.74 Å². The second kappa shape index (κ2) is 3.27. The first-order valence-electron chi connectivity index (χ1n) is 5.11. The Hall–Kier alpha value is -0.450. The molecule has 15 heavy (non-hydrogen) atoms. The van der Waals surface area contributed by atoms with E-state index in [1.54, 1.807) is 11.3 Å². The fourth-order valence-electron chi connectivity index (χ4n) is 1.58. The Morgan fingerprint density at radius 1 is 1.40 bits per heavy atom. The zero-order valence-corrected chi connectivity index (χ0v) is 10.4. The van der Waals surface area contributed by atoms with Crippen LogP contribution in [0.1, 0.15) is 36.3 Å². The van der Waals surface area contributed by atoms with Gasteiger partial charge in [0, 0.05) is 10.3 Å². The summed E-state index contributed by atoms with van der Waals surface area (Å²) in [7, 11) is 0. The fraction of sp³-hybridized carbons (Fsp3) is 0.727. The van der Waals surface area contributed by atoms with Crippen molar-refractivity contribution in [2.45, 2.75) is 38.7 Å². The Balaban J connectivity index is 2.38. The molecule has 0 bridgehead atoms. The maximum Gasteiger partial charge on any atom is 0.154 e. The monoisotopic (exact) mass is 227 g/mol. The van der Waals surface area contributed by atoms with E-state index in [0.29, 0.717) is 13.2 Å². The van der Waals surface area contributed by atoms with Crippen molar-refractivity contribution in [2.75, 3.05) is 13.2 Å². The number of thiazole rings is 1. The van der Waals surface area contributed by atoms with Gasteiger partial charge in [0.05, 0.1) is 23.9 Å². The van der Waals surface area contributed by atoms with Crippen molar-refractivity contribution in [3.8, 4) is 0 Å². The number of aromatic nitrogens is 1. The summed E-state index contributed by atoms with van der Waals surface area (Å²) in [5, 5.41) is 11.2. The molecule has 1 N–H and O–H groups in total. The topological polar surface area (TPSA) is 42.4 Å². The molecule has 1 aromatic rings. The summed E-state index contributed by atoms with van der Waals surface area (Å²) < 4.78 is 5.06. The second-order valence-corrected chi connectivity index (χ2v) is 6.40. The van der Waals surface area contributed by atoms with Gasteiger partial charge in [-0.25, -0.2) is 4.98 Å². The maximum absolute atomic E-state index is 10.2. The normalized spacial score (nSPS) is 20.1. The average molecular weight is 227 g/mol. The van der Waals surface area contributed by atoms with Gasteiger partial charge >= 0.3 is 0 Å². The molecule has 0 amide bonds. The fourth-order valence-corrected chi connectivity index (χ4v) is 2.65. The first-order valence-corrected chi connectivity index (χ1v) is 5.93. The highest BCUT2D eigenvalue weighted by molar-refractivity contribution is 7.11. The van der Waals surface area contributed by atoms with E-state index in [-0.39, 0.29) is 5.41 Å². The van der Waals surface area contributed by atoms with E-state index in [0.717, 1.165) is 15.6 Å². The van der Waals surface area contributed by atoms with Crippen molar-refractivity contribution in [2.24, 2.45) is 0 Å². The van der Waals surface area contributed by atoms with Crippen LogP contribution in [0, 0.1) is 6.92 Å². The van der Waals surface area contributed by atoms with E-state index in [1.807, 2.05) is 6.92 Å². The molecule has 3 nitrogen and oxygen atoms in total. The lowest BCUT2D eigenvalue weighted by molar-refractivity contribution is -0.186. The summed E-state index contributed by atoms with van der Waals surface area (Å²) in [4.78, 5) is 5.67. The molecule has 1 aromatic heterocycles. The first kappa shape index (κ1) is 11.0. The highest BCUT2D eigenvalue weighted by atomic mass is 32.1. The van der Waals surface area contributed by atoms with Gasteiger partial charge in [-0.1, -0.05) is 20.8 Å². The van der Waals surface area contributed by atoms with Gasteiger partial charge in [0.15, 0.2) is 5.60 Å². The average Bonchev–Trinajstić information content (AvgIpc) is 2.42. The lowest BCUT2D eigenvalue weighted by Crippen LogP contribution is -2.47. The zero-order chi connectivity index (χ0) is 11.3. The van der Waals surface area contributed by atoms with Crippen molar-refractivity contribution in [1.29, 1.82) is 0 Å². The van der Waals surface area contributed by atoms with Crippen molar-refractivity contribution >= 4 is 11.3 Å². The molecule has 2 rings (SSSR count). The summed E-state index contributed by atoms with van der Waals surface area (Å²) in [5.74, 6) is 0. The maximum atomic E-state index is 10.2. The van der Waals surface area contributed by atoms with Gasteiger partial charge in [0.25, 0.3) is 0 Å². The Labute approximate surface area is 94.1 Å². The highest BCUT2D eigenvalue weighted by Gasteiger charge is 2.42. The molecule has 84 valence electrons. The van der Waals surface area contributed by atoms with Crippen LogP contribution in [-0.4, -0.2) is 23.3 Å². The van der Waals surface area contributed by atoms with Crippen LogP contribution in [0.15, 0.2) is 0 Å². The van der Waals surface area contributed by atoms with Gasteiger partial charge in [-0.05, 0) is 6.92 Å². The summed E-state index contributed by atoms with van der Waals surface area (Å²) in [6, 6.07) is 0. The molecule has 0 spiro atoms. The number of nitrogens with zero attached hydrogens (tertiary/aromatic N) is 1. The molecular formula is C11H17NO2S. The van der Waals surface area contributed by atoms with Gasteiger partial charge in [-0.15, -0.1) is 11.3 Å². The molecule has 1 aliphatic heterocycles. The van der Waals surface area contributed by atoms with Crippen LogP contribution in [0.4, 0.5) is 0 Å². The van der Waals surface area contributed by atoms with Crippen LogP contribution >= 0.6 is 11.3 Å². The van der Waals surface area contributed by atoms with Gasteiger partial charge in [-0.3, -0.25) is 0 Å². The van der Waals surface area contributed by atoms with Gasteiger partial charge in [-0.2, -0.15) is 0 Å². The molecule has 1 saturated heterocycles. The molecule has 1 fully saturated rings. The van der Waals surface area contributed by atoms with Crippen LogP contribution < -0.4 is 0 Å². The Morgan fingerprint density at radius 3 is 2.33 bits per heavy atom. The standard InChI is InChI=1S/C11H17NO2S/c1-7-8(11(13)5-14-6-11)12-9(15-7)10(2,3)4/h13H,5-6H2,1-4H3. The summed E-state index contributed by atoms with van der Waals surface area (Å²) in [6.07, 6.45) is 0. The SMILES string of the molecule is Cc1sc(C(C)(C)C)nc1C1(O)COC1. The lowest BCUT2D eigenvalue weighted by Gasteiger charge is -2.35. The van der Waals surface area contributed by atoms with Crippen molar-refractivity contribution in [3.63, 3.8) is 0 Å². The third kappa shape index (κ3) is 1.82. The van der Waals surface area contributed by atoms with Crippen LogP contribution in [0.25, 0.3) is 0 Å². The van der Waals surface area contributed by atoms with Crippen LogP contribution in [-0.2, 0) is 15.8 Å². The van der Waals surface area contributed by atoms with Crippen LogP contribution in [0.2, 0.25) is 0 Å². The van der Waals surface area contributed by atoms with E-state index in [9.17, 15) is 5.11 Å². The lowest BCUT2D eigenvalue weighted by atomic mass is 9.95. The Kier molecular flexibility index (Phi) is 2.41. The number of rotatable bonds is 1. The molecule has 0 atom stereocenters. The quantitative estimate of drug-likeness (QED) is 0.797. The third-order valence-corrected chi connectivity index (χ3v) is 3.96. The molecule has 0 aromatic carbocycles. The number of aliphatic hydroxyl groups is 1. The van der Waals surface area contributed by atoms with E-state index < -0.39 is 5.60 Å². The van der Waals surface area contributed by atoms with Crippen LogP contribution in [0.3, 0.4) is 0 Å². The van der Waals surface area contributed by atoms with Gasteiger partial charge < -0.3 is 9.84 Å². The molecule has 4 heteroatoms. The molecule has 2 heterocycles. The van der Waals surface area contributed by atoms with Crippen molar-refractivity contribution in [3.05, 3.63) is 15.6 Å². The van der Waals surface area contributed by atoms with Gasteiger partial charge in [0.1, 0.15) is 0 Å². The van der Waals surface area contributed by atoms with Gasteiger partial charge in [0.2, 0.25) is 0 Å². The van der Waals surface area contributed by atoms with Crippen molar-refractivity contribution in [1.82, 2.24) is 4.98 Å². The molecule has 1 aliphatic rings. The van der Waals surface area contributed by atoms with E-state index in [2.05, 4.69) is 25.8 Å². The third-order valence-electron chi connectivity index (χ3n) is 2.56. The molecular weight excluding hydrogens is 210 g/mol. The Morgan fingerprint density at radius 2 is 2.00 bits per heavy atom. The number of hydrogen-bond donors (Lipinski definition) is 1. The molecule has 0 unspecified atom stereocenters. The largest absolute Gasteiger partial charge is 0.379 e. The number of aryl methyl sites for hydroxylation is 1. The Bertz CT molecular complexity index is 374. The predicted octanol–water partition coefficient (Wildman–Crippen LogP) is 1.97. The minimum Gasteiger partial charge on any atom is -0.379 e. The summed E-state index contributed by atoms with van der Waals surface area (Å²) in [5.41, 5.74) is 0.0299. The minimum absolute atomic E-state index is 0.0502. The zero-order valence-electron chi connectivity index (χ0n) is 9.63. The van der Waals surface area contributed by atoms with E-state index >= 15 is 0 Å². The predicted molar refractivity (Wildman–Crippen MR) is 60.3 cm³/mol. The summed E-state index contributed by atoms with van der Waals surface area (Å²) in [6.45, 7) is 9.17. The van der Waals surface area contributed by atoms with E-state index in [1.165, 1.54) is 0 Å². The minimum atomic E-state index is -0.829. The highest BCUT2D eigenvalue weighted by Crippen LogP contribution is 2.36.